The molecule has 0 unspecified atom stereocenters. The van der Waals surface area contributed by atoms with Gasteiger partial charge in [-0.3, -0.25) is 9.80 Å². The maximum atomic E-state index is 2.46. The first-order valence-electron chi connectivity index (χ1n) is 13.7. The average molecular weight is 603 g/mol. The lowest BCUT2D eigenvalue weighted by molar-refractivity contribution is 0.876. The Hall–Kier alpha value is -3.68. The third-order valence-corrected chi connectivity index (χ3v) is 11.2. The Morgan fingerprint density at radius 3 is 1.46 bits per heavy atom. The van der Waals surface area contributed by atoms with E-state index in [0.29, 0.717) is 5.92 Å². The van der Waals surface area contributed by atoms with Gasteiger partial charge < -0.3 is 0 Å². The fourth-order valence-electron chi connectivity index (χ4n) is 6.03. The Morgan fingerprint density at radius 1 is 0.488 bits per heavy atom. The maximum absolute atomic E-state index is 2.46. The van der Waals surface area contributed by atoms with Crippen LogP contribution in [-0.2, 0) is 0 Å². The Morgan fingerprint density at radius 2 is 0.951 bits per heavy atom. The molecule has 0 saturated heterocycles. The molecule has 4 heterocycles. The lowest BCUT2D eigenvalue weighted by Gasteiger charge is -2.28. The van der Waals surface area contributed by atoms with Crippen molar-refractivity contribution in [2.45, 2.75) is 19.8 Å². The molecule has 8 aromatic rings. The molecule has 8 rings (SSSR count). The fourth-order valence-corrected chi connectivity index (χ4v) is 9.17. The molecular weight excluding hydrogens is 577 g/mol. The van der Waals surface area contributed by atoms with Gasteiger partial charge in [0.15, 0.2) is 0 Å². The summed E-state index contributed by atoms with van der Waals surface area (Å²) in [6.45, 7) is 4.63. The van der Waals surface area contributed by atoms with Gasteiger partial charge in [-0.05, 0) is 115 Å². The minimum atomic E-state index is 0.389. The van der Waals surface area contributed by atoms with Gasteiger partial charge in [0.1, 0.15) is 20.0 Å². The van der Waals surface area contributed by atoms with E-state index in [0.717, 1.165) is 0 Å². The van der Waals surface area contributed by atoms with E-state index in [4.69, 9.17) is 0 Å². The van der Waals surface area contributed by atoms with Crippen molar-refractivity contribution in [3.8, 4) is 0 Å². The van der Waals surface area contributed by atoms with Crippen molar-refractivity contribution in [3.63, 3.8) is 0 Å². The normalized spacial score (nSPS) is 11.9. The molecule has 0 fully saturated rings. The van der Waals surface area contributed by atoms with Gasteiger partial charge in [-0.25, -0.2) is 0 Å². The second-order valence-corrected chi connectivity index (χ2v) is 14.2. The molecule has 41 heavy (non-hydrogen) atoms. The summed E-state index contributed by atoms with van der Waals surface area (Å²) in [5.74, 6) is 0.389. The lowest BCUT2D eigenvalue weighted by atomic mass is 9.87. The van der Waals surface area contributed by atoms with Crippen molar-refractivity contribution in [1.29, 1.82) is 0 Å². The molecule has 0 bridgehead atoms. The van der Waals surface area contributed by atoms with Crippen LogP contribution < -0.4 is 9.80 Å². The Balaban J connectivity index is 1.48. The number of nitrogens with zero attached hydrogens (tertiary/aromatic N) is 2. The number of hydrogen-bond acceptors (Lipinski definition) is 6. The number of benzene rings is 4. The Kier molecular flexibility index (Phi) is 6.11. The van der Waals surface area contributed by atoms with Crippen molar-refractivity contribution in [1.82, 2.24) is 0 Å². The van der Waals surface area contributed by atoms with Crippen LogP contribution in [0.2, 0.25) is 0 Å². The van der Waals surface area contributed by atoms with Crippen molar-refractivity contribution in [2.24, 2.45) is 0 Å². The van der Waals surface area contributed by atoms with E-state index in [9.17, 15) is 0 Å². The number of thiophene rings is 4. The van der Waals surface area contributed by atoms with E-state index in [1.807, 2.05) is 0 Å². The average Bonchev–Trinajstić information content (AvgIpc) is 3.82. The highest BCUT2D eigenvalue weighted by atomic mass is 32.1. The van der Waals surface area contributed by atoms with Crippen molar-refractivity contribution >= 4 is 109 Å². The molecule has 2 nitrogen and oxygen atoms in total. The van der Waals surface area contributed by atoms with Gasteiger partial charge in [-0.1, -0.05) is 44.2 Å². The molecule has 0 saturated carbocycles. The SMILES string of the molecule is CC(C)c1cc(N(c2cccs2)c2cccs2)c2ccc3ccc(N(c4cccs4)c4cccs4)c4ccc1c2c34. The molecule has 0 aliphatic rings. The Bertz CT molecular complexity index is 2000. The fraction of sp³-hybridized carbons (Fsp3) is 0.0857. The summed E-state index contributed by atoms with van der Waals surface area (Å²) >= 11 is 7.14. The monoisotopic (exact) mass is 602 g/mol. The van der Waals surface area contributed by atoms with Crippen LogP contribution in [0.1, 0.15) is 25.3 Å². The molecule has 0 aliphatic heterocycles. The molecule has 0 aliphatic carbocycles. The highest BCUT2D eigenvalue weighted by Gasteiger charge is 2.24. The van der Waals surface area contributed by atoms with Gasteiger partial charge in [0.25, 0.3) is 0 Å². The van der Waals surface area contributed by atoms with Gasteiger partial charge in [0.2, 0.25) is 0 Å². The molecule has 4 aromatic heterocycles. The molecule has 0 atom stereocenters. The standard InChI is InChI=1S/C35H26N2S4/c1-22(2)27-21-29(37(32-9-5-19-40-32)33-10-6-20-41-33)26-13-11-23-12-16-28(25-15-14-24(27)35(26)34(23)25)36(30-7-3-17-38-30)31-8-4-18-39-31/h3-22H,1-2H3. The van der Waals surface area contributed by atoms with Gasteiger partial charge in [-0.15, -0.1) is 45.3 Å². The summed E-state index contributed by atoms with van der Waals surface area (Å²) in [7, 11) is 0. The van der Waals surface area contributed by atoms with Gasteiger partial charge in [0, 0.05) is 10.8 Å². The first-order valence-corrected chi connectivity index (χ1v) is 17.2. The third kappa shape index (κ3) is 4.01. The summed E-state index contributed by atoms with van der Waals surface area (Å²) in [5.41, 5.74) is 3.86. The van der Waals surface area contributed by atoms with Crippen LogP contribution in [0.3, 0.4) is 0 Å². The molecule has 4 aromatic carbocycles. The summed E-state index contributed by atoms with van der Waals surface area (Å²) in [5, 5.41) is 21.5. The number of anilines is 6. The highest BCUT2D eigenvalue weighted by Crippen LogP contribution is 2.50. The molecular formula is C35H26N2S4. The summed E-state index contributed by atoms with van der Waals surface area (Å²) < 4.78 is 0. The lowest BCUT2D eigenvalue weighted by Crippen LogP contribution is -2.09. The van der Waals surface area contributed by atoms with E-state index in [1.165, 1.54) is 69.3 Å². The molecule has 0 spiro atoms. The summed E-state index contributed by atoms with van der Waals surface area (Å²) in [6.07, 6.45) is 0. The molecule has 200 valence electrons. The van der Waals surface area contributed by atoms with Crippen LogP contribution in [0.25, 0.3) is 32.3 Å². The summed E-state index contributed by atoms with van der Waals surface area (Å²) in [4.78, 5) is 4.88. The largest absolute Gasteiger partial charge is 0.292 e. The number of hydrogen-bond donors (Lipinski definition) is 0. The second-order valence-electron chi connectivity index (χ2n) is 10.4. The van der Waals surface area contributed by atoms with Crippen molar-refractivity contribution in [3.05, 3.63) is 118 Å². The van der Waals surface area contributed by atoms with Crippen molar-refractivity contribution in [2.75, 3.05) is 9.80 Å². The quantitative estimate of drug-likeness (QED) is 0.167. The van der Waals surface area contributed by atoms with Crippen molar-refractivity contribution < 1.29 is 0 Å². The molecule has 6 heteroatoms. The minimum Gasteiger partial charge on any atom is -0.292 e. The Labute approximate surface area is 255 Å². The zero-order valence-electron chi connectivity index (χ0n) is 22.6. The van der Waals surface area contributed by atoms with Gasteiger partial charge in [-0.2, -0.15) is 0 Å². The van der Waals surface area contributed by atoms with E-state index >= 15 is 0 Å². The molecule has 0 N–H and O–H groups in total. The van der Waals surface area contributed by atoms with E-state index in [2.05, 4.69) is 136 Å². The first-order chi connectivity index (χ1) is 20.2. The van der Waals surface area contributed by atoms with Gasteiger partial charge >= 0.3 is 0 Å². The predicted molar refractivity (Wildman–Crippen MR) is 185 cm³/mol. The summed E-state index contributed by atoms with van der Waals surface area (Å²) in [6, 6.07) is 33.9. The van der Waals surface area contributed by atoms with E-state index in [-0.39, 0.29) is 0 Å². The second kappa shape index (κ2) is 10.00. The maximum Gasteiger partial charge on any atom is 0.101 e. The van der Waals surface area contributed by atoms with E-state index in [1.54, 1.807) is 45.3 Å². The smallest absolute Gasteiger partial charge is 0.101 e. The van der Waals surface area contributed by atoms with Crippen LogP contribution >= 0.6 is 45.3 Å². The first kappa shape index (κ1) is 25.1. The minimum absolute atomic E-state index is 0.389. The topological polar surface area (TPSA) is 6.48 Å². The molecule has 0 radical (unpaired) electrons. The van der Waals surface area contributed by atoms with Crippen LogP contribution in [0, 0.1) is 0 Å². The molecule has 0 amide bonds. The van der Waals surface area contributed by atoms with Crippen LogP contribution in [0.4, 0.5) is 31.4 Å². The third-order valence-electron chi connectivity index (χ3n) is 7.78. The van der Waals surface area contributed by atoms with Gasteiger partial charge in [0.05, 0.1) is 11.4 Å². The van der Waals surface area contributed by atoms with E-state index < -0.39 is 0 Å². The number of rotatable bonds is 7. The zero-order valence-corrected chi connectivity index (χ0v) is 25.8. The van der Waals surface area contributed by atoms with Crippen LogP contribution in [0.15, 0.2) is 113 Å². The van der Waals surface area contributed by atoms with Crippen LogP contribution in [-0.4, -0.2) is 0 Å². The predicted octanol–water partition coefficient (Wildman–Crippen LogP) is 12.9. The zero-order chi connectivity index (χ0) is 27.5. The highest BCUT2D eigenvalue weighted by molar-refractivity contribution is 7.17. The van der Waals surface area contributed by atoms with Crippen LogP contribution in [0.5, 0.6) is 0 Å².